The third kappa shape index (κ3) is 4.87. The standard InChI is InChI=1S/C21H19ClN2O2S/c22-17-8-6-15(7-9-17)12-26-18-3-1-2-16(10-18)21-24-19(13-27-21)20(25)23-11-14-4-5-14/h1-3,6-10,13-14H,4-5,11-12H2,(H,23,25). The Balaban J connectivity index is 1.41. The zero-order valence-electron chi connectivity index (χ0n) is 14.7. The number of thiazole rings is 1. The van der Waals surface area contributed by atoms with Gasteiger partial charge in [-0.15, -0.1) is 11.3 Å². The molecule has 4 rings (SSSR count). The van der Waals surface area contributed by atoms with E-state index in [2.05, 4.69) is 10.3 Å². The summed E-state index contributed by atoms with van der Waals surface area (Å²) in [5, 5.41) is 6.27. The van der Waals surface area contributed by atoms with Gasteiger partial charge in [-0.1, -0.05) is 35.9 Å². The first-order valence-corrected chi connectivity index (χ1v) is 10.1. The highest BCUT2D eigenvalue weighted by molar-refractivity contribution is 7.13. The molecule has 138 valence electrons. The summed E-state index contributed by atoms with van der Waals surface area (Å²) in [4.78, 5) is 16.7. The summed E-state index contributed by atoms with van der Waals surface area (Å²) < 4.78 is 5.87. The maximum absolute atomic E-state index is 12.2. The molecule has 2 aromatic carbocycles. The van der Waals surface area contributed by atoms with Crippen molar-refractivity contribution in [1.29, 1.82) is 0 Å². The Morgan fingerprint density at radius 2 is 2.04 bits per heavy atom. The average Bonchev–Trinajstić information content (AvgIpc) is 3.39. The molecule has 1 heterocycles. The summed E-state index contributed by atoms with van der Waals surface area (Å²) in [6, 6.07) is 15.3. The number of hydrogen-bond acceptors (Lipinski definition) is 4. The minimum atomic E-state index is -0.0976. The van der Waals surface area contributed by atoms with Gasteiger partial charge in [0.05, 0.1) is 0 Å². The second-order valence-electron chi connectivity index (χ2n) is 6.63. The Labute approximate surface area is 167 Å². The minimum Gasteiger partial charge on any atom is -0.489 e. The Morgan fingerprint density at radius 1 is 1.22 bits per heavy atom. The van der Waals surface area contributed by atoms with Gasteiger partial charge in [0.15, 0.2) is 0 Å². The van der Waals surface area contributed by atoms with E-state index in [0.717, 1.165) is 28.4 Å². The first-order valence-electron chi connectivity index (χ1n) is 8.89. The number of halogens is 1. The fourth-order valence-electron chi connectivity index (χ4n) is 2.63. The lowest BCUT2D eigenvalue weighted by Gasteiger charge is -2.07. The van der Waals surface area contributed by atoms with Gasteiger partial charge in [0.2, 0.25) is 0 Å². The number of benzene rings is 2. The third-order valence-electron chi connectivity index (χ3n) is 4.38. The molecule has 1 aliphatic rings. The molecule has 1 fully saturated rings. The lowest BCUT2D eigenvalue weighted by atomic mass is 10.2. The van der Waals surface area contributed by atoms with Crippen molar-refractivity contribution in [2.45, 2.75) is 19.4 Å². The monoisotopic (exact) mass is 398 g/mol. The topological polar surface area (TPSA) is 51.2 Å². The maximum Gasteiger partial charge on any atom is 0.270 e. The van der Waals surface area contributed by atoms with Crippen LogP contribution < -0.4 is 10.1 Å². The van der Waals surface area contributed by atoms with Crippen molar-refractivity contribution in [2.24, 2.45) is 5.92 Å². The van der Waals surface area contributed by atoms with Crippen molar-refractivity contribution in [3.05, 3.63) is 70.2 Å². The van der Waals surface area contributed by atoms with Crippen LogP contribution >= 0.6 is 22.9 Å². The molecule has 0 atom stereocenters. The van der Waals surface area contributed by atoms with Crippen molar-refractivity contribution in [3.63, 3.8) is 0 Å². The fraction of sp³-hybridized carbons (Fsp3) is 0.238. The minimum absolute atomic E-state index is 0.0976. The molecule has 1 aliphatic carbocycles. The zero-order valence-corrected chi connectivity index (χ0v) is 16.2. The molecule has 0 unspecified atom stereocenters. The van der Waals surface area contributed by atoms with E-state index in [9.17, 15) is 4.79 Å². The maximum atomic E-state index is 12.2. The molecule has 3 aromatic rings. The van der Waals surface area contributed by atoms with Crippen LogP contribution in [0.25, 0.3) is 10.6 Å². The van der Waals surface area contributed by atoms with Crippen molar-refractivity contribution >= 4 is 28.8 Å². The van der Waals surface area contributed by atoms with E-state index in [1.165, 1.54) is 24.2 Å². The van der Waals surface area contributed by atoms with Gasteiger partial charge >= 0.3 is 0 Å². The number of hydrogen-bond donors (Lipinski definition) is 1. The molecule has 1 N–H and O–H groups in total. The summed E-state index contributed by atoms with van der Waals surface area (Å²) in [6.07, 6.45) is 2.43. The Morgan fingerprint density at radius 3 is 2.81 bits per heavy atom. The number of nitrogens with one attached hydrogen (secondary N) is 1. The molecule has 1 aromatic heterocycles. The van der Waals surface area contributed by atoms with Crippen molar-refractivity contribution in [3.8, 4) is 16.3 Å². The lowest BCUT2D eigenvalue weighted by molar-refractivity contribution is 0.0947. The van der Waals surface area contributed by atoms with Gasteiger partial charge in [-0.3, -0.25) is 4.79 Å². The van der Waals surface area contributed by atoms with Gasteiger partial charge in [-0.2, -0.15) is 0 Å². The van der Waals surface area contributed by atoms with E-state index < -0.39 is 0 Å². The van der Waals surface area contributed by atoms with E-state index in [-0.39, 0.29) is 5.91 Å². The van der Waals surface area contributed by atoms with E-state index in [4.69, 9.17) is 16.3 Å². The van der Waals surface area contributed by atoms with E-state index in [1.54, 1.807) is 5.38 Å². The molecule has 0 bridgehead atoms. The van der Waals surface area contributed by atoms with Crippen LogP contribution in [0.15, 0.2) is 53.9 Å². The number of rotatable bonds is 7. The van der Waals surface area contributed by atoms with Crippen LogP contribution in [0.1, 0.15) is 28.9 Å². The van der Waals surface area contributed by atoms with E-state index in [1.807, 2.05) is 48.5 Å². The smallest absolute Gasteiger partial charge is 0.270 e. The normalized spacial score (nSPS) is 13.4. The Kier molecular flexibility index (Phi) is 5.41. The average molecular weight is 399 g/mol. The summed E-state index contributed by atoms with van der Waals surface area (Å²) >= 11 is 7.37. The zero-order chi connectivity index (χ0) is 18.6. The highest BCUT2D eigenvalue weighted by Gasteiger charge is 2.22. The van der Waals surface area contributed by atoms with Crippen molar-refractivity contribution < 1.29 is 9.53 Å². The SMILES string of the molecule is O=C(NCC1CC1)c1csc(-c2cccc(OCc3ccc(Cl)cc3)c2)n1. The highest BCUT2D eigenvalue weighted by Crippen LogP contribution is 2.29. The largest absolute Gasteiger partial charge is 0.489 e. The van der Waals surface area contributed by atoms with E-state index in [0.29, 0.717) is 23.2 Å². The second kappa shape index (κ2) is 8.11. The van der Waals surface area contributed by atoms with Crippen molar-refractivity contribution in [1.82, 2.24) is 10.3 Å². The summed E-state index contributed by atoms with van der Waals surface area (Å²) in [5.74, 6) is 1.32. The first-order chi connectivity index (χ1) is 13.2. The number of nitrogens with zero attached hydrogens (tertiary/aromatic N) is 1. The molecular formula is C21H19ClN2O2S. The predicted octanol–water partition coefficient (Wildman–Crippen LogP) is 5.18. The first kappa shape index (κ1) is 18.0. The third-order valence-corrected chi connectivity index (χ3v) is 5.53. The molecule has 1 saturated carbocycles. The van der Waals surface area contributed by atoms with Crippen LogP contribution in [0, 0.1) is 5.92 Å². The fourth-order valence-corrected chi connectivity index (χ4v) is 3.55. The number of carbonyl (C=O) groups excluding carboxylic acids is 1. The summed E-state index contributed by atoms with van der Waals surface area (Å²) in [5.41, 5.74) is 2.46. The van der Waals surface area contributed by atoms with Crippen LogP contribution in [0.4, 0.5) is 0 Å². The molecule has 0 spiro atoms. The quantitative estimate of drug-likeness (QED) is 0.596. The Bertz CT molecular complexity index is 935. The molecule has 0 radical (unpaired) electrons. The molecular weight excluding hydrogens is 380 g/mol. The molecule has 0 saturated heterocycles. The lowest BCUT2D eigenvalue weighted by Crippen LogP contribution is -2.25. The van der Waals surface area contributed by atoms with Crippen LogP contribution in [0.5, 0.6) is 5.75 Å². The molecule has 0 aliphatic heterocycles. The molecule has 6 heteroatoms. The van der Waals surface area contributed by atoms with Crippen molar-refractivity contribution in [2.75, 3.05) is 6.54 Å². The van der Waals surface area contributed by atoms with Gasteiger partial charge in [-0.25, -0.2) is 4.98 Å². The van der Waals surface area contributed by atoms with Crippen LogP contribution in [0.2, 0.25) is 5.02 Å². The van der Waals surface area contributed by atoms with Gasteiger partial charge in [0.1, 0.15) is 23.1 Å². The molecule has 4 nitrogen and oxygen atoms in total. The van der Waals surface area contributed by atoms with Gasteiger partial charge in [-0.05, 0) is 48.6 Å². The molecule has 27 heavy (non-hydrogen) atoms. The Hall–Kier alpha value is -2.37. The van der Waals surface area contributed by atoms with Crippen LogP contribution in [-0.2, 0) is 6.61 Å². The van der Waals surface area contributed by atoms with Gasteiger partial charge in [0, 0.05) is 22.5 Å². The number of aromatic nitrogens is 1. The van der Waals surface area contributed by atoms with E-state index >= 15 is 0 Å². The van der Waals surface area contributed by atoms with Crippen LogP contribution in [0.3, 0.4) is 0 Å². The predicted molar refractivity (Wildman–Crippen MR) is 108 cm³/mol. The highest BCUT2D eigenvalue weighted by atomic mass is 35.5. The van der Waals surface area contributed by atoms with Crippen LogP contribution in [-0.4, -0.2) is 17.4 Å². The van der Waals surface area contributed by atoms with Gasteiger partial charge in [0.25, 0.3) is 5.91 Å². The second-order valence-corrected chi connectivity index (χ2v) is 7.93. The number of carbonyl (C=O) groups is 1. The van der Waals surface area contributed by atoms with Gasteiger partial charge < -0.3 is 10.1 Å². The summed E-state index contributed by atoms with van der Waals surface area (Å²) in [6.45, 7) is 1.22. The number of ether oxygens (including phenoxy) is 1. The summed E-state index contributed by atoms with van der Waals surface area (Å²) in [7, 11) is 0. The molecule has 1 amide bonds. The number of amides is 1.